The molecule has 1 fully saturated rings. The van der Waals surface area contributed by atoms with Crippen molar-refractivity contribution in [3.8, 4) is 17.2 Å². The van der Waals surface area contributed by atoms with E-state index in [2.05, 4.69) is 22.5 Å². The van der Waals surface area contributed by atoms with E-state index < -0.39 is 0 Å². The lowest BCUT2D eigenvalue weighted by Gasteiger charge is -2.14. The van der Waals surface area contributed by atoms with E-state index in [0.29, 0.717) is 50.4 Å². The molecule has 168 valence electrons. The van der Waals surface area contributed by atoms with Crippen LogP contribution >= 0.6 is 39.3 Å². The molecule has 1 saturated heterocycles. The van der Waals surface area contributed by atoms with Gasteiger partial charge in [0, 0.05) is 0 Å². The second-order valence-corrected chi connectivity index (χ2v) is 8.73. The van der Waals surface area contributed by atoms with Gasteiger partial charge in [0.15, 0.2) is 11.5 Å². The van der Waals surface area contributed by atoms with E-state index in [1.54, 1.807) is 48.6 Å². The first kappa shape index (κ1) is 24.2. The van der Waals surface area contributed by atoms with E-state index >= 15 is 0 Å². The maximum Gasteiger partial charge on any atom is 0.293 e. The molecule has 9 heteroatoms. The summed E-state index contributed by atoms with van der Waals surface area (Å²) in [5, 5.41) is 0.122. The third-order valence-electron chi connectivity index (χ3n) is 4.26. The molecule has 0 radical (unpaired) electrons. The summed E-state index contributed by atoms with van der Waals surface area (Å²) in [6, 6.07) is 10.6. The highest BCUT2D eigenvalue weighted by molar-refractivity contribution is 9.10. The Kier molecular flexibility index (Phi) is 8.67. The maximum atomic E-state index is 12.8. The Morgan fingerprint density at radius 3 is 2.66 bits per heavy atom. The Labute approximate surface area is 204 Å². The van der Waals surface area contributed by atoms with Crippen LogP contribution in [0.5, 0.6) is 17.2 Å². The zero-order valence-electron chi connectivity index (χ0n) is 17.3. The lowest BCUT2D eigenvalue weighted by molar-refractivity contribution is -0.123. The minimum atomic E-state index is -0.371. The lowest BCUT2D eigenvalue weighted by Crippen LogP contribution is -2.32. The molecule has 2 aromatic carbocycles. The molecule has 2 amide bonds. The summed E-state index contributed by atoms with van der Waals surface area (Å²) in [5.41, 5.74) is 0.698. The zero-order valence-corrected chi connectivity index (χ0v) is 20.5. The largest absolute Gasteiger partial charge is 0.490 e. The van der Waals surface area contributed by atoms with Crippen LogP contribution < -0.4 is 14.2 Å². The van der Waals surface area contributed by atoms with Gasteiger partial charge in [-0.05, 0) is 70.5 Å². The molecule has 0 saturated carbocycles. The van der Waals surface area contributed by atoms with Crippen LogP contribution in [0.3, 0.4) is 0 Å². The summed E-state index contributed by atoms with van der Waals surface area (Å²) in [4.78, 5) is 26.7. The minimum Gasteiger partial charge on any atom is -0.490 e. The van der Waals surface area contributed by atoms with Gasteiger partial charge in [-0.15, -0.1) is 0 Å². The number of ether oxygens (including phenoxy) is 3. The molecule has 1 aliphatic rings. The van der Waals surface area contributed by atoms with Crippen LogP contribution in [-0.2, 0) is 4.79 Å². The van der Waals surface area contributed by atoms with Crippen LogP contribution in [0.1, 0.15) is 12.5 Å². The number of hydrogen-bond donors (Lipinski definition) is 0. The summed E-state index contributed by atoms with van der Waals surface area (Å²) < 4.78 is 17.6. The van der Waals surface area contributed by atoms with Gasteiger partial charge < -0.3 is 14.2 Å². The average Bonchev–Trinajstić information content (AvgIpc) is 3.02. The normalized spacial score (nSPS) is 14.7. The van der Waals surface area contributed by atoms with Crippen LogP contribution in [-0.4, -0.2) is 42.4 Å². The monoisotopic (exact) mass is 537 g/mol. The highest BCUT2D eigenvalue weighted by atomic mass is 79.9. The maximum absolute atomic E-state index is 12.8. The number of imide groups is 1. The summed E-state index contributed by atoms with van der Waals surface area (Å²) in [7, 11) is 0. The van der Waals surface area contributed by atoms with E-state index in [0.717, 1.165) is 16.7 Å². The van der Waals surface area contributed by atoms with Crippen molar-refractivity contribution in [3.63, 3.8) is 0 Å². The highest BCUT2D eigenvalue weighted by Crippen LogP contribution is 2.39. The summed E-state index contributed by atoms with van der Waals surface area (Å²) >= 11 is 10.4. The number of carbonyl (C=O) groups is 2. The van der Waals surface area contributed by atoms with Crippen molar-refractivity contribution in [2.45, 2.75) is 6.92 Å². The minimum absolute atomic E-state index is 0.120. The molecule has 0 bridgehead atoms. The number of amides is 2. The molecule has 1 heterocycles. The van der Waals surface area contributed by atoms with Gasteiger partial charge in [0.05, 0.1) is 27.6 Å². The van der Waals surface area contributed by atoms with E-state index in [-0.39, 0.29) is 24.3 Å². The number of para-hydroxylation sites is 1. The van der Waals surface area contributed by atoms with Gasteiger partial charge in [-0.25, -0.2) is 0 Å². The molecule has 3 rings (SSSR count). The molecule has 6 nitrogen and oxygen atoms in total. The standard InChI is InChI=1S/C23H21BrClNO5S/c1-3-10-31-21-16(24)12-15(13-19(21)29-4-2)14-20-22(27)26(23(28)32-20)9-11-30-18-8-6-5-7-17(18)25/h3,5-8,12-14H,1,4,9-11H2,2H3/b20-14-. The topological polar surface area (TPSA) is 65.1 Å². The first-order valence-corrected chi connectivity index (χ1v) is 11.8. The van der Waals surface area contributed by atoms with Gasteiger partial charge in [0.25, 0.3) is 11.1 Å². The van der Waals surface area contributed by atoms with Crippen molar-refractivity contribution in [1.82, 2.24) is 4.90 Å². The number of hydrogen-bond acceptors (Lipinski definition) is 6. The van der Waals surface area contributed by atoms with E-state index in [4.69, 9.17) is 25.8 Å². The Balaban J connectivity index is 1.73. The first-order chi connectivity index (χ1) is 15.4. The fourth-order valence-corrected chi connectivity index (χ4v) is 4.50. The molecule has 0 unspecified atom stereocenters. The average molecular weight is 539 g/mol. The molecule has 32 heavy (non-hydrogen) atoms. The van der Waals surface area contributed by atoms with Crippen molar-refractivity contribution in [2.24, 2.45) is 0 Å². The molecule has 0 aliphatic carbocycles. The van der Waals surface area contributed by atoms with Gasteiger partial charge in [0.1, 0.15) is 19.0 Å². The SMILES string of the molecule is C=CCOc1c(Br)cc(/C=C2\SC(=O)N(CCOc3ccccc3Cl)C2=O)cc1OCC. The molecule has 2 aromatic rings. The number of halogens is 2. The van der Waals surface area contributed by atoms with Crippen LogP contribution in [0.15, 0.2) is 58.4 Å². The number of nitrogens with zero attached hydrogens (tertiary/aromatic N) is 1. The predicted octanol–water partition coefficient (Wildman–Crippen LogP) is 6.18. The molecule has 0 atom stereocenters. The van der Waals surface area contributed by atoms with E-state index in [1.807, 2.05) is 6.92 Å². The zero-order chi connectivity index (χ0) is 23.1. The quantitative estimate of drug-likeness (QED) is 0.266. The Morgan fingerprint density at radius 1 is 1.16 bits per heavy atom. The van der Waals surface area contributed by atoms with Crippen molar-refractivity contribution >= 4 is 56.5 Å². The molecule has 1 aliphatic heterocycles. The van der Waals surface area contributed by atoms with Gasteiger partial charge in [0.2, 0.25) is 0 Å². The van der Waals surface area contributed by atoms with Crippen molar-refractivity contribution < 1.29 is 23.8 Å². The molecular weight excluding hydrogens is 518 g/mol. The third-order valence-corrected chi connectivity index (χ3v) is 6.07. The Bertz CT molecular complexity index is 1060. The number of rotatable bonds is 10. The molecular formula is C23H21BrClNO5S. The first-order valence-electron chi connectivity index (χ1n) is 9.77. The van der Waals surface area contributed by atoms with E-state index in [9.17, 15) is 9.59 Å². The van der Waals surface area contributed by atoms with Crippen molar-refractivity contribution in [3.05, 3.63) is 69.0 Å². The highest BCUT2D eigenvalue weighted by Gasteiger charge is 2.35. The predicted molar refractivity (Wildman–Crippen MR) is 131 cm³/mol. The van der Waals surface area contributed by atoms with Gasteiger partial charge in [-0.1, -0.05) is 36.4 Å². The fraction of sp³-hybridized carbons (Fsp3) is 0.217. The fourth-order valence-electron chi connectivity index (χ4n) is 2.87. The molecule has 0 spiro atoms. The van der Waals surface area contributed by atoms with Crippen molar-refractivity contribution in [2.75, 3.05) is 26.4 Å². The van der Waals surface area contributed by atoms with E-state index in [1.165, 1.54) is 0 Å². The van der Waals surface area contributed by atoms with Gasteiger partial charge in [-0.3, -0.25) is 14.5 Å². The second kappa shape index (κ2) is 11.4. The van der Waals surface area contributed by atoms with Gasteiger partial charge in [-0.2, -0.15) is 0 Å². The number of benzene rings is 2. The van der Waals surface area contributed by atoms with Crippen LogP contribution in [0.25, 0.3) is 6.08 Å². The summed E-state index contributed by atoms with van der Waals surface area (Å²) in [6.45, 7) is 6.56. The van der Waals surface area contributed by atoms with Crippen LogP contribution in [0.4, 0.5) is 4.79 Å². The summed E-state index contributed by atoms with van der Waals surface area (Å²) in [6.07, 6.45) is 3.30. The second-order valence-electron chi connectivity index (χ2n) is 6.47. The number of thioether (sulfide) groups is 1. The Hall–Kier alpha value is -2.42. The molecule has 0 aromatic heterocycles. The number of carbonyl (C=O) groups excluding carboxylic acids is 2. The summed E-state index contributed by atoms with van der Waals surface area (Å²) in [5.74, 6) is 1.21. The van der Waals surface area contributed by atoms with Crippen molar-refractivity contribution in [1.29, 1.82) is 0 Å². The van der Waals surface area contributed by atoms with Crippen LogP contribution in [0, 0.1) is 0 Å². The van der Waals surface area contributed by atoms with Gasteiger partial charge >= 0.3 is 0 Å². The molecule has 0 N–H and O–H groups in total. The smallest absolute Gasteiger partial charge is 0.293 e. The lowest BCUT2D eigenvalue weighted by atomic mass is 10.2. The third kappa shape index (κ3) is 5.88. The van der Waals surface area contributed by atoms with Crippen LogP contribution in [0.2, 0.25) is 5.02 Å². The Morgan fingerprint density at radius 2 is 1.94 bits per heavy atom.